The molecule has 1 aromatic carbocycles. The van der Waals surface area contributed by atoms with Crippen LogP contribution in [0.4, 0.5) is 0 Å². The van der Waals surface area contributed by atoms with Gasteiger partial charge in [-0.1, -0.05) is 50.7 Å². The topological polar surface area (TPSA) is 61.4 Å². The lowest BCUT2D eigenvalue weighted by atomic mass is 10.0. The lowest BCUT2D eigenvalue weighted by Crippen LogP contribution is -2.05. The monoisotopic (exact) mass is 342 g/mol. The van der Waals surface area contributed by atoms with E-state index in [0.29, 0.717) is 11.7 Å². The molecule has 126 valence electrons. The van der Waals surface area contributed by atoms with Crippen molar-refractivity contribution in [1.82, 2.24) is 29.8 Å². The third kappa shape index (κ3) is 3.51. The average molecular weight is 342 g/mol. The molecule has 0 radical (unpaired) electrons. The van der Waals surface area contributed by atoms with Crippen molar-refractivity contribution in [3.63, 3.8) is 0 Å². The summed E-state index contributed by atoms with van der Waals surface area (Å²) in [6, 6.07) is 8.47. The van der Waals surface area contributed by atoms with Gasteiger partial charge >= 0.3 is 0 Å². The molecule has 0 aliphatic carbocycles. The smallest absolute Gasteiger partial charge is 0.173 e. The van der Waals surface area contributed by atoms with Crippen LogP contribution >= 0.6 is 11.8 Å². The van der Waals surface area contributed by atoms with Crippen molar-refractivity contribution in [2.45, 2.75) is 50.6 Å². The highest BCUT2D eigenvalue weighted by Gasteiger charge is 2.13. The van der Waals surface area contributed by atoms with Gasteiger partial charge in [-0.15, -0.1) is 5.10 Å². The van der Waals surface area contributed by atoms with E-state index in [2.05, 4.69) is 70.1 Å². The van der Waals surface area contributed by atoms with Crippen molar-refractivity contribution < 1.29 is 0 Å². The number of aryl methyl sites for hydroxylation is 1. The summed E-state index contributed by atoms with van der Waals surface area (Å²) < 4.78 is 4.01. The molecule has 0 aliphatic rings. The Hall–Kier alpha value is -2.15. The van der Waals surface area contributed by atoms with E-state index in [4.69, 9.17) is 0 Å². The van der Waals surface area contributed by atoms with Gasteiger partial charge in [0.05, 0.1) is 11.4 Å². The van der Waals surface area contributed by atoms with Gasteiger partial charge in [0.15, 0.2) is 11.0 Å². The van der Waals surface area contributed by atoms with Crippen molar-refractivity contribution in [3.05, 3.63) is 48.0 Å². The molecule has 0 unspecified atom stereocenters. The second-order valence-electron chi connectivity index (χ2n) is 5.90. The maximum absolute atomic E-state index is 4.52. The van der Waals surface area contributed by atoms with Crippen molar-refractivity contribution in [1.29, 1.82) is 0 Å². The van der Waals surface area contributed by atoms with Gasteiger partial charge in [-0.05, 0) is 34.4 Å². The Morgan fingerprint density at radius 2 is 2.04 bits per heavy atom. The first-order valence-electron chi connectivity index (χ1n) is 8.21. The predicted molar refractivity (Wildman–Crippen MR) is 95.3 cm³/mol. The van der Waals surface area contributed by atoms with Gasteiger partial charge in [-0.25, -0.2) is 9.67 Å². The molecule has 2 heterocycles. The van der Waals surface area contributed by atoms with Gasteiger partial charge in [-0.3, -0.25) is 4.57 Å². The largest absolute Gasteiger partial charge is 0.295 e. The molecule has 3 rings (SSSR count). The summed E-state index contributed by atoms with van der Waals surface area (Å²) in [5, 5.41) is 12.9. The maximum Gasteiger partial charge on any atom is 0.173 e. The first-order chi connectivity index (χ1) is 11.7. The van der Waals surface area contributed by atoms with Crippen LogP contribution < -0.4 is 0 Å². The number of tetrazole rings is 1. The van der Waals surface area contributed by atoms with E-state index >= 15 is 0 Å². The Balaban J connectivity index is 1.83. The molecule has 0 aliphatic heterocycles. The Bertz CT molecular complexity index is 792. The van der Waals surface area contributed by atoms with E-state index in [1.807, 2.05) is 17.1 Å². The second-order valence-corrected chi connectivity index (χ2v) is 6.84. The van der Waals surface area contributed by atoms with Crippen LogP contribution in [0.3, 0.4) is 0 Å². The number of imidazole rings is 1. The van der Waals surface area contributed by atoms with Crippen LogP contribution in [-0.2, 0) is 12.3 Å². The molecule has 7 heteroatoms. The molecule has 0 bridgehead atoms. The zero-order chi connectivity index (χ0) is 16.9. The van der Waals surface area contributed by atoms with Crippen LogP contribution in [0.15, 0.2) is 41.8 Å². The summed E-state index contributed by atoms with van der Waals surface area (Å²) in [7, 11) is 0. The van der Waals surface area contributed by atoms with E-state index in [1.165, 1.54) is 11.3 Å². The minimum Gasteiger partial charge on any atom is -0.295 e. The molecule has 0 atom stereocenters. The number of hydrogen-bond acceptors (Lipinski definition) is 5. The molecule has 0 spiro atoms. The van der Waals surface area contributed by atoms with Gasteiger partial charge < -0.3 is 0 Å². The summed E-state index contributed by atoms with van der Waals surface area (Å²) in [5.74, 6) is 2.04. The van der Waals surface area contributed by atoms with Crippen LogP contribution in [0.25, 0.3) is 5.69 Å². The lowest BCUT2D eigenvalue weighted by Gasteiger charge is -2.15. The van der Waals surface area contributed by atoms with E-state index in [9.17, 15) is 0 Å². The van der Waals surface area contributed by atoms with Gasteiger partial charge in [0.25, 0.3) is 0 Å². The Labute approximate surface area is 146 Å². The minimum absolute atomic E-state index is 0.457. The average Bonchev–Trinajstić information content (AvgIpc) is 3.22. The van der Waals surface area contributed by atoms with Crippen molar-refractivity contribution in [3.8, 4) is 5.69 Å². The molecule has 0 N–H and O–H groups in total. The van der Waals surface area contributed by atoms with Crippen LogP contribution in [0.5, 0.6) is 0 Å². The summed E-state index contributed by atoms with van der Waals surface area (Å²) in [6.07, 6.45) is 4.87. The summed E-state index contributed by atoms with van der Waals surface area (Å²) in [4.78, 5) is 4.52. The quantitative estimate of drug-likeness (QED) is 0.613. The molecule has 0 fully saturated rings. The van der Waals surface area contributed by atoms with Crippen LogP contribution in [0.1, 0.15) is 44.5 Å². The van der Waals surface area contributed by atoms with Crippen molar-refractivity contribution >= 4 is 11.8 Å². The third-order valence-corrected chi connectivity index (χ3v) is 4.76. The first-order valence-corrected chi connectivity index (χ1v) is 9.19. The van der Waals surface area contributed by atoms with Gasteiger partial charge in [0.2, 0.25) is 0 Å². The van der Waals surface area contributed by atoms with Gasteiger partial charge in [-0.2, -0.15) is 0 Å². The molecule has 0 amide bonds. The van der Waals surface area contributed by atoms with Crippen LogP contribution in [0.2, 0.25) is 0 Å². The van der Waals surface area contributed by atoms with E-state index in [-0.39, 0.29) is 0 Å². The molecular weight excluding hydrogens is 320 g/mol. The molecule has 3 aromatic rings. The van der Waals surface area contributed by atoms with Gasteiger partial charge in [0, 0.05) is 18.9 Å². The second kappa shape index (κ2) is 7.61. The Morgan fingerprint density at radius 1 is 1.21 bits per heavy atom. The number of aromatic nitrogens is 6. The minimum atomic E-state index is 0.457. The number of nitrogens with zero attached hydrogens (tertiary/aromatic N) is 6. The van der Waals surface area contributed by atoms with Crippen LogP contribution in [0, 0.1) is 0 Å². The van der Waals surface area contributed by atoms with Crippen molar-refractivity contribution in [2.24, 2.45) is 0 Å². The highest BCUT2D eigenvalue weighted by Crippen LogP contribution is 2.28. The van der Waals surface area contributed by atoms with Gasteiger partial charge in [0.1, 0.15) is 0 Å². The van der Waals surface area contributed by atoms with E-state index in [0.717, 1.165) is 23.9 Å². The number of para-hydroxylation sites is 1. The third-order valence-electron chi connectivity index (χ3n) is 3.80. The fourth-order valence-electron chi connectivity index (χ4n) is 2.62. The summed E-state index contributed by atoms with van der Waals surface area (Å²) >= 11 is 1.66. The molecule has 0 saturated heterocycles. The highest BCUT2D eigenvalue weighted by molar-refractivity contribution is 7.98. The lowest BCUT2D eigenvalue weighted by molar-refractivity contribution is 0.564. The van der Waals surface area contributed by atoms with Crippen molar-refractivity contribution in [2.75, 3.05) is 0 Å². The first kappa shape index (κ1) is 16.7. The molecule has 0 saturated carbocycles. The Kier molecular flexibility index (Phi) is 5.30. The predicted octanol–water partition coefficient (Wildman–Crippen LogP) is 3.68. The molecule has 2 aromatic heterocycles. The summed E-state index contributed by atoms with van der Waals surface area (Å²) in [5.41, 5.74) is 2.49. The molecular formula is C17H22N6S. The SMILES string of the molecule is CCCn1nnnc1CSc1nccn1-c1ccccc1C(C)C. The zero-order valence-corrected chi connectivity index (χ0v) is 15.1. The standard InChI is InChI=1S/C17H22N6S/c1-4-10-23-16(19-20-21-23)12-24-17-18-9-11-22(17)15-8-6-5-7-14(15)13(2)3/h5-9,11,13H,4,10,12H2,1-3H3. The number of rotatable bonds is 7. The highest BCUT2D eigenvalue weighted by atomic mass is 32.2. The van der Waals surface area contributed by atoms with E-state index in [1.54, 1.807) is 11.8 Å². The summed E-state index contributed by atoms with van der Waals surface area (Å²) in [6.45, 7) is 7.38. The fourth-order valence-corrected chi connectivity index (χ4v) is 3.51. The number of thioether (sulfide) groups is 1. The Morgan fingerprint density at radius 3 is 2.83 bits per heavy atom. The maximum atomic E-state index is 4.52. The normalized spacial score (nSPS) is 11.3. The molecule has 24 heavy (non-hydrogen) atoms. The van der Waals surface area contributed by atoms with E-state index < -0.39 is 0 Å². The van der Waals surface area contributed by atoms with Crippen LogP contribution in [-0.4, -0.2) is 29.8 Å². The molecule has 6 nitrogen and oxygen atoms in total. The fraction of sp³-hybridized carbons (Fsp3) is 0.412. The zero-order valence-electron chi connectivity index (χ0n) is 14.3. The number of hydrogen-bond donors (Lipinski definition) is 0. The number of benzene rings is 1.